The summed E-state index contributed by atoms with van der Waals surface area (Å²) in [5, 5.41) is 3.35. The topological polar surface area (TPSA) is 69.7 Å². The van der Waals surface area contributed by atoms with Crippen molar-refractivity contribution in [3.05, 3.63) is 30.1 Å². The third-order valence-electron chi connectivity index (χ3n) is 5.57. The maximum absolute atomic E-state index is 13.9. The average Bonchev–Trinajstić information content (AvgIpc) is 2.64. The van der Waals surface area contributed by atoms with E-state index in [2.05, 4.69) is 12.2 Å². The number of hydrogen-bond acceptors (Lipinski definition) is 4. The van der Waals surface area contributed by atoms with Gasteiger partial charge >= 0.3 is 0 Å². The number of hydrogen-bond donors (Lipinski definition) is 1. The van der Waals surface area contributed by atoms with Gasteiger partial charge in [-0.15, -0.1) is 0 Å². The van der Waals surface area contributed by atoms with Gasteiger partial charge in [0.25, 0.3) is 0 Å². The van der Waals surface area contributed by atoms with Gasteiger partial charge in [-0.3, -0.25) is 4.79 Å². The molecule has 0 radical (unpaired) electrons. The standard InChI is InChI=1S/C18H26FN3O3S/c1-13-14(2)22(12-9-20-13)18(23)15-7-10-21(11-8-15)26(24,25)17-6-4-3-5-16(17)19/h3-6,13-15,20H,7-12H2,1-2H3. The van der Waals surface area contributed by atoms with Gasteiger partial charge in [0, 0.05) is 44.2 Å². The van der Waals surface area contributed by atoms with E-state index in [1.807, 2.05) is 11.8 Å². The molecule has 8 heteroatoms. The molecule has 2 heterocycles. The lowest BCUT2D eigenvalue weighted by molar-refractivity contribution is -0.140. The van der Waals surface area contributed by atoms with Crippen LogP contribution in [0.25, 0.3) is 0 Å². The van der Waals surface area contributed by atoms with E-state index in [4.69, 9.17) is 0 Å². The molecule has 0 aromatic heterocycles. The summed E-state index contributed by atoms with van der Waals surface area (Å²) in [6.07, 6.45) is 0.940. The van der Waals surface area contributed by atoms with Gasteiger partial charge in [-0.2, -0.15) is 4.31 Å². The second-order valence-electron chi connectivity index (χ2n) is 7.12. The lowest BCUT2D eigenvalue weighted by atomic mass is 9.94. The fourth-order valence-corrected chi connectivity index (χ4v) is 5.27. The first-order valence-corrected chi connectivity index (χ1v) is 10.5. The van der Waals surface area contributed by atoms with Gasteiger partial charge < -0.3 is 10.2 Å². The van der Waals surface area contributed by atoms with Gasteiger partial charge in [0.05, 0.1) is 0 Å². The minimum atomic E-state index is -3.86. The highest BCUT2D eigenvalue weighted by Crippen LogP contribution is 2.27. The molecule has 2 unspecified atom stereocenters. The first-order valence-electron chi connectivity index (χ1n) is 9.11. The lowest BCUT2D eigenvalue weighted by Crippen LogP contribution is -2.59. The number of nitrogens with one attached hydrogen (secondary N) is 1. The number of nitrogens with zero attached hydrogens (tertiary/aromatic N) is 2. The summed E-state index contributed by atoms with van der Waals surface area (Å²) in [7, 11) is -3.86. The van der Waals surface area contributed by atoms with Crippen LogP contribution >= 0.6 is 0 Å². The molecule has 26 heavy (non-hydrogen) atoms. The van der Waals surface area contributed by atoms with Crippen LogP contribution in [0, 0.1) is 11.7 Å². The van der Waals surface area contributed by atoms with Crippen molar-refractivity contribution < 1.29 is 17.6 Å². The maximum atomic E-state index is 13.9. The SMILES string of the molecule is CC1NCCN(C(=O)C2CCN(S(=O)(=O)c3ccccc3F)CC2)C1C. The first kappa shape index (κ1) is 19.3. The molecule has 2 aliphatic heterocycles. The van der Waals surface area contributed by atoms with Gasteiger partial charge in [-0.1, -0.05) is 12.1 Å². The van der Waals surface area contributed by atoms with Crippen LogP contribution in [-0.2, 0) is 14.8 Å². The highest BCUT2D eigenvalue weighted by atomic mass is 32.2. The Morgan fingerprint density at radius 1 is 1.15 bits per heavy atom. The maximum Gasteiger partial charge on any atom is 0.245 e. The second-order valence-corrected chi connectivity index (χ2v) is 9.03. The van der Waals surface area contributed by atoms with Crippen LogP contribution in [0.4, 0.5) is 4.39 Å². The Morgan fingerprint density at radius 2 is 1.81 bits per heavy atom. The molecule has 1 N–H and O–H groups in total. The fourth-order valence-electron chi connectivity index (χ4n) is 3.74. The van der Waals surface area contributed by atoms with Gasteiger partial charge in [0.15, 0.2) is 0 Å². The van der Waals surface area contributed by atoms with E-state index in [0.717, 1.165) is 12.6 Å². The van der Waals surface area contributed by atoms with E-state index >= 15 is 0 Å². The van der Waals surface area contributed by atoms with E-state index < -0.39 is 15.8 Å². The van der Waals surface area contributed by atoms with E-state index in [9.17, 15) is 17.6 Å². The van der Waals surface area contributed by atoms with Crippen molar-refractivity contribution in [3.63, 3.8) is 0 Å². The second kappa shape index (κ2) is 7.62. The van der Waals surface area contributed by atoms with Crippen LogP contribution in [0.15, 0.2) is 29.2 Å². The summed E-state index contributed by atoms with van der Waals surface area (Å²) in [6.45, 7) is 6.03. The molecule has 2 aliphatic rings. The van der Waals surface area contributed by atoms with E-state index in [0.29, 0.717) is 19.4 Å². The van der Waals surface area contributed by atoms with Crippen LogP contribution in [0.2, 0.25) is 0 Å². The number of sulfonamides is 1. The van der Waals surface area contributed by atoms with Gasteiger partial charge in [-0.05, 0) is 38.8 Å². The molecule has 2 saturated heterocycles. The molecule has 2 fully saturated rings. The number of rotatable bonds is 3. The molecular formula is C18H26FN3O3S. The van der Waals surface area contributed by atoms with Crippen LogP contribution in [-0.4, -0.2) is 61.8 Å². The van der Waals surface area contributed by atoms with Crippen LogP contribution in [0.5, 0.6) is 0 Å². The highest BCUT2D eigenvalue weighted by Gasteiger charge is 2.37. The van der Waals surface area contributed by atoms with Gasteiger partial charge in [-0.25, -0.2) is 12.8 Å². The van der Waals surface area contributed by atoms with E-state index in [-0.39, 0.29) is 41.9 Å². The third-order valence-corrected chi connectivity index (χ3v) is 7.51. The zero-order valence-electron chi connectivity index (χ0n) is 15.2. The largest absolute Gasteiger partial charge is 0.337 e. The number of carbonyl (C=O) groups excluding carboxylic acids is 1. The predicted molar refractivity (Wildman–Crippen MR) is 96.5 cm³/mol. The lowest BCUT2D eigenvalue weighted by Gasteiger charge is -2.41. The molecule has 1 aromatic carbocycles. The van der Waals surface area contributed by atoms with Gasteiger partial charge in [0.2, 0.25) is 15.9 Å². The molecule has 0 saturated carbocycles. The fraction of sp³-hybridized carbons (Fsp3) is 0.611. The summed E-state index contributed by atoms with van der Waals surface area (Å²) in [5.74, 6) is -0.807. The van der Waals surface area contributed by atoms with Crippen molar-refractivity contribution in [2.45, 2.75) is 43.7 Å². The summed E-state index contributed by atoms with van der Waals surface area (Å²) in [4.78, 5) is 14.5. The molecule has 1 amide bonds. The minimum Gasteiger partial charge on any atom is -0.337 e. The molecular weight excluding hydrogens is 357 g/mol. The molecule has 1 aromatic rings. The van der Waals surface area contributed by atoms with E-state index in [1.165, 1.54) is 22.5 Å². The molecule has 0 spiro atoms. The predicted octanol–water partition coefficient (Wildman–Crippen LogP) is 1.44. The van der Waals surface area contributed by atoms with Crippen molar-refractivity contribution in [3.8, 4) is 0 Å². The number of carbonyl (C=O) groups is 1. The molecule has 6 nitrogen and oxygen atoms in total. The quantitative estimate of drug-likeness (QED) is 0.857. The number of piperidine rings is 1. The average molecular weight is 383 g/mol. The van der Waals surface area contributed by atoms with E-state index in [1.54, 1.807) is 0 Å². The molecule has 144 valence electrons. The van der Waals surface area contributed by atoms with Gasteiger partial charge in [0.1, 0.15) is 10.7 Å². The van der Waals surface area contributed by atoms with Crippen molar-refractivity contribution in [1.82, 2.24) is 14.5 Å². The van der Waals surface area contributed by atoms with Crippen molar-refractivity contribution in [2.75, 3.05) is 26.2 Å². The molecule has 3 rings (SSSR count). The highest BCUT2D eigenvalue weighted by molar-refractivity contribution is 7.89. The Hall–Kier alpha value is -1.51. The number of benzene rings is 1. The Bertz CT molecular complexity index is 763. The van der Waals surface area contributed by atoms with Crippen LogP contribution in [0.3, 0.4) is 0 Å². The zero-order valence-corrected chi connectivity index (χ0v) is 16.0. The number of halogens is 1. The zero-order chi connectivity index (χ0) is 18.9. The Kier molecular flexibility index (Phi) is 5.64. The molecule has 0 aliphatic carbocycles. The smallest absolute Gasteiger partial charge is 0.245 e. The van der Waals surface area contributed by atoms with Crippen molar-refractivity contribution >= 4 is 15.9 Å². The molecule has 0 bridgehead atoms. The first-order chi connectivity index (χ1) is 12.3. The van der Waals surface area contributed by atoms with Crippen LogP contribution in [0.1, 0.15) is 26.7 Å². The Balaban J connectivity index is 1.66. The summed E-state index contributed by atoms with van der Waals surface area (Å²) >= 11 is 0. The number of amides is 1. The molecule has 2 atom stereocenters. The summed E-state index contributed by atoms with van der Waals surface area (Å²) in [6, 6.07) is 5.78. The van der Waals surface area contributed by atoms with Crippen molar-refractivity contribution in [1.29, 1.82) is 0 Å². The normalized spacial score (nSPS) is 26.0. The number of piperazine rings is 1. The Labute approximate surface area is 154 Å². The van der Waals surface area contributed by atoms with Crippen molar-refractivity contribution in [2.24, 2.45) is 5.92 Å². The monoisotopic (exact) mass is 383 g/mol. The summed E-state index contributed by atoms with van der Waals surface area (Å²) in [5.41, 5.74) is 0. The van der Waals surface area contributed by atoms with Crippen LogP contribution < -0.4 is 5.32 Å². The third kappa shape index (κ3) is 3.63. The Morgan fingerprint density at radius 3 is 2.46 bits per heavy atom. The minimum absolute atomic E-state index is 0.105. The summed E-state index contributed by atoms with van der Waals surface area (Å²) < 4.78 is 40.5.